The number of carbonyl (C=O) groups is 1. The highest BCUT2D eigenvalue weighted by Crippen LogP contribution is 2.50. The summed E-state index contributed by atoms with van der Waals surface area (Å²) in [4.78, 5) is 13.2. The Bertz CT molecular complexity index is 1120. The molecule has 3 heteroatoms. The molecule has 0 bridgehead atoms. The first-order chi connectivity index (χ1) is 12.9. The molecule has 0 radical (unpaired) electrons. The Kier molecular flexibility index (Phi) is 3.39. The molecule has 5 rings (SSSR count). The minimum absolute atomic E-state index is 0.0269. The molecule has 1 aromatic heterocycles. The Balaban J connectivity index is 1.82. The fourth-order valence-electron chi connectivity index (χ4n) is 4.70. The largest absolute Gasteiger partial charge is 0.465 e. The highest BCUT2D eigenvalue weighted by Gasteiger charge is 2.42. The Morgan fingerprint density at radius 1 is 1.04 bits per heavy atom. The normalized spacial score (nSPS) is 21.0. The summed E-state index contributed by atoms with van der Waals surface area (Å²) < 4.78 is 6.06. The van der Waals surface area contributed by atoms with E-state index in [1.54, 1.807) is 0 Å². The third-order valence-electron chi connectivity index (χ3n) is 5.80. The van der Waals surface area contributed by atoms with Gasteiger partial charge in [0.25, 0.3) is 0 Å². The van der Waals surface area contributed by atoms with Crippen molar-refractivity contribution < 1.29 is 9.21 Å². The molecule has 0 fully saturated rings. The zero-order valence-electron chi connectivity index (χ0n) is 15.9. The zero-order chi connectivity index (χ0) is 18.8. The second kappa shape index (κ2) is 5.59. The summed E-state index contributed by atoms with van der Waals surface area (Å²) in [7, 11) is 0. The van der Waals surface area contributed by atoms with Crippen LogP contribution in [-0.4, -0.2) is 5.78 Å². The number of anilines is 1. The molecule has 3 nitrogen and oxygen atoms in total. The Hall–Kier alpha value is -2.81. The molecule has 0 unspecified atom stereocenters. The first kappa shape index (κ1) is 16.4. The molecule has 2 aromatic carbocycles. The molecule has 2 heterocycles. The quantitative estimate of drug-likeness (QED) is 0.586. The number of rotatable bonds is 1. The molecule has 0 saturated carbocycles. The van der Waals surface area contributed by atoms with Gasteiger partial charge in [0.2, 0.25) is 0 Å². The van der Waals surface area contributed by atoms with Gasteiger partial charge in [-0.3, -0.25) is 4.79 Å². The van der Waals surface area contributed by atoms with Gasteiger partial charge in [0.1, 0.15) is 11.5 Å². The highest BCUT2D eigenvalue weighted by molar-refractivity contribution is 6.04. The first-order valence-corrected chi connectivity index (χ1v) is 9.54. The summed E-state index contributed by atoms with van der Waals surface area (Å²) >= 11 is 0. The van der Waals surface area contributed by atoms with Crippen molar-refractivity contribution in [3.8, 4) is 0 Å². The lowest BCUT2D eigenvalue weighted by atomic mass is 9.69. The van der Waals surface area contributed by atoms with Crippen LogP contribution in [0.2, 0.25) is 0 Å². The van der Waals surface area contributed by atoms with E-state index in [4.69, 9.17) is 4.42 Å². The highest BCUT2D eigenvalue weighted by atomic mass is 16.3. The van der Waals surface area contributed by atoms with Gasteiger partial charge < -0.3 is 9.73 Å². The summed E-state index contributed by atoms with van der Waals surface area (Å²) in [6.07, 6.45) is 1.44. The summed E-state index contributed by atoms with van der Waals surface area (Å²) in [5, 5.41) is 5.95. The van der Waals surface area contributed by atoms with E-state index in [-0.39, 0.29) is 17.1 Å². The van der Waals surface area contributed by atoms with Gasteiger partial charge in [-0.05, 0) is 53.3 Å². The van der Waals surface area contributed by atoms with Crippen molar-refractivity contribution >= 4 is 22.2 Å². The lowest BCUT2D eigenvalue weighted by Gasteiger charge is -2.39. The van der Waals surface area contributed by atoms with E-state index in [1.165, 1.54) is 10.8 Å². The van der Waals surface area contributed by atoms with Gasteiger partial charge in [0.05, 0.1) is 5.92 Å². The van der Waals surface area contributed by atoms with Gasteiger partial charge in [-0.25, -0.2) is 0 Å². The monoisotopic (exact) mass is 357 g/mol. The number of hydrogen-bond acceptors (Lipinski definition) is 3. The van der Waals surface area contributed by atoms with Crippen LogP contribution in [0.5, 0.6) is 0 Å². The molecule has 2 aliphatic rings. The number of Topliss-reactive ketones (excluding diaryl/α,β-unsaturated/α-hetero) is 1. The maximum absolute atomic E-state index is 13.2. The van der Waals surface area contributed by atoms with Crippen LogP contribution >= 0.6 is 0 Å². The number of hydrogen-bond donors (Lipinski definition) is 1. The number of ketones is 1. The number of fused-ring (bicyclic) bond motifs is 3. The first-order valence-electron chi connectivity index (χ1n) is 9.54. The lowest BCUT2D eigenvalue weighted by Crippen LogP contribution is -2.33. The van der Waals surface area contributed by atoms with Crippen LogP contribution in [0.3, 0.4) is 0 Å². The third kappa shape index (κ3) is 2.53. The van der Waals surface area contributed by atoms with E-state index in [0.29, 0.717) is 6.42 Å². The predicted octanol–water partition coefficient (Wildman–Crippen LogP) is 5.94. The Morgan fingerprint density at radius 3 is 2.63 bits per heavy atom. The van der Waals surface area contributed by atoms with Crippen LogP contribution in [0.15, 0.2) is 64.2 Å². The molecule has 27 heavy (non-hydrogen) atoms. The van der Waals surface area contributed by atoms with E-state index in [0.717, 1.165) is 40.5 Å². The number of allylic oxidation sites excluding steroid dienone is 2. The van der Waals surface area contributed by atoms with Crippen molar-refractivity contribution in [2.75, 3.05) is 5.32 Å². The molecule has 0 saturated heterocycles. The fraction of sp³-hybridized carbons (Fsp3) is 0.292. The third-order valence-corrected chi connectivity index (χ3v) is 5.80. The van der Waals surface area contributed by atoms with Crippen LogP contribution in [0, 0.1) is 12.3 Å². The average molecular weight is 357 g/mol. The minimum atomic E-state index is -0.153. The van der Waals surface area contributed by atoms with Crippen LogP contribution in [0.1, 0.15) is 49.7 Å². The molecule has 1 aliphatic heterocycles. The maximum atomic E-state index is 13.2. The van der Waals surface area contributed by atoms with Crippen LogP contribution in [0.4, 0.5) is 5.69 Å². The van der Waals surface area contributed by atoms with Crippen molar-refractivity contribution in [2.45, 2.75) is 39.5 Å². The van der Waals surface area contributed by atoms with Crippen LogP contribution in [0.25, 0.3) is 10.8 Å². The number of aryl methyl sites for hydroxylation is 1. The van der Waals surface area contributed by atoms with E-state index in [1.807, 2.05) is 19.1 Å². The molecule has 136 valence electrons. The molecule has 0 spiro atoms. The second-order valence-electron chi connectivity index (χ2n) is 8.59. The smallest absolute Gasteiger partial charge is 0.162 e. The number of carbonyl (C=O) groups excluding carboxylic acids is 1. The van der Waals surface area contributed by atoms with Gasteiger partial charge in [-0.2, -0.15) is 0 Å². The van der Waals surface area contributed by atoms with Crippen molar-refractivity contribution in [1.82, 2.24) is 0 Å². The average Bonchev–Trinajstić information content (AvgIpc) is 3.04. The van der Waals surface area contributed by atoms with E-state index in [2.05, 4.69) is 55.6 Å². The molecule has 3 aromatic rings. The summed E-state index contributed by atoms with van der Waals surface area (Å²) in [6.45, 7) is 6.28. The van der Waals surface area contributed by atoms with Crippen LogP contribution in [-0.2, 0) is 4.79 Å². The molecule has 1 N–H and O–H groups in total. The Labute approximate surface area is 159 Å². The molecular formula is C24H23NO2. The molecule has 0 amide bonds. The molecular weight excluding hydrogens is 334 g/mol. The topological polar surface area (TPSA) is 42.2 Å². The number of nitrogens with one attached hydrogen (secondary N) is 1. The van der Waals surface area contributed by atoms with E-state index in [9.17, 15) is 4.79 Å². The SMILES string of the molecule is Cc1ccc([C@H]2C3=C(CC(C)(C)CC3=O)Nc3ccc4ccccc4c32)o1. The van der Waals surface area contributed by atoms with Gasteiger partial charge in [-0.1, -0.05) is 44.2 Å². The van der Waals surface area contributed by atoms with Crippen molar-refractivity contribution in [2.24, 2.45) is 5.41 Å². The Morgan fingerprint density at radius 2 is 1.85 bits per heavy atom. The second-order valence-corrected chi connectivity index (χ2v) is 8.59. The van der Waals surface area contributed by atoms with Crippen molar-refractivity contribution in [3.63, 3.8) is 0 Å². The summed E-state index contributed by atoms with van der Waals surface area (Å²) in [5.41, 5.74) is 4.14. The van der Waals surface area contributed by atoms with Gasteiger partial charge in [0, 0.05) is 23.4 Å². The fourth-order valence-corrected chi connectivity index (χ4v) is 4.70. The van der Waals surface area contributed by atoms with E-state index < -0.39 is 0 Å². The predicted molar refractivity (Wildman–Crippen MR) is 108 cm³/mol. The van der Waals surface area contributed by atoms with Crippen molar-refractivity contribution in [1.29, 1.82) is 0 Å². The zero-order valence-corrected chi connectivity index (χ0v) is 15.9. The van der Waals surface area contributed by atoms with Gasteiger partial charge in [-0.15, -0.1) is 0 Å². The minimum Gasteiger partial charge on any atom is -0.465 e. The van der Waals surface area contributed by atoms with Crippen LogP contribution < -0.4 is 5.32 Å². The maximum Gasteiger partial charge on any atom is 0.162 e. The number of furan rings is 1. The number of benzene rings is 2. The van der Waals surface area contributed by atoms with Gasteiger partial charge >= 0.3 is 0 Å². The standard InChI is InChI=1S/C24H23NO2/c1-14-8-11-20(27-14)23-21-16-7-5-4-6-15(16)9-10-17(21)25-18-12-24(2,3)13-19(26)22(18)23/h4-11,23,25H,12-13H2,1-3H3/t23-/m1/s1. The molecule has 1 aliphatic carbocycles. The van der Waals surface area contributed by atoms with Crippen molar-refractivity contribution in [3.05, 3.63) is 76.9 Å². The van der Waals surface area contributed by atoms with E-state index >= 15 is 0 Å². The summed E-state index contributed by atoms with van der Waals surface area (Å²) in [6, 6.07) is 16.7. The summed E-state index contributed by atoms with van der Waals surface area (Å²) in [5.74, 6) is 1.80. The van der Waals surface area contributed by atoms with Gasteiger partial charge in [0.15, 0.2) is 5.78 Å². The lowest BCUT2D eigenvalue weighted by molar-refractivity contribution is -0.118. The molecule has 1 atom stereocenters.